The van der Waals surface area contributed by atoms with Gasteiger partial charge in [-0.2, -0.15) is 5.26 Å². The van der Waals surface area contributed by atoms with Crippen LogP contribution in [0, 0.1) is 11.3 Å². The second kappa shape index (κ2) is 4.93. The Morgan fingerprint density at radius 3 is 2.50 bits per heavy atom. The van der Waals surface area contributed by atoms with Crippen LogP contribution in [-0.2, 0) is 6.54 Å². The van der Waals surface area contributed by atoms with Gasteiger partial charge in [0.05, 0.1) is 17.2 Å². The van der Waals surface area contributed by atoms with E-state index >= 15 is 0 Å². The van der Waals surface area contributed by atoms with E-state index in [9.17, 15) is 18.0 Å². The molecule has 0 heterocycles. The predicted molar refractivity (Wildman–Crippen MR) is 52.7 cm³/mol. The van der Waals surface area contributed by atoms with Crippen LogP contribution >= 0.6 is 0 Å². The van der Waals surface area contributed by atoms with Gasteiger partial charge < -0.3 is 15.6 Å². The number of benzene rings is 1. The number of alkyl halides is 3. The average Bonchev–Trinajstić information content (AvgIpc) is 2.25. The highest BCUT2D eigenvalue weighted by molar-refractivity contribution is 5.90. The minimum atomic E-state index is -4.97. The minimum absolute atomic E-state index is 0.0421. The summed E-state index contributed by atoms with van der Waals surface area (Å²) in [5.74, 6) is -2.26. The molecule has 0 aliphatic carbocycles. The van der Waals surface area contributed by atoms with Gasteiger partial charge in [-0.3, -0.25) is 0 Å². The van der Waals surface area contributed by atoms with Crippen LogP contribution in [-0.4, -0.2) is 17.4 Å². The molecule has 0 unspecified atom stereocenters. The quantitative estimate of drug-likeness (QED) is 0.860. The Morgan fingerprint density at radius 1 is 1.50 bits per heavy atom. The lowest BCUT2D eigenvalue weighted by Gasteiger charge is -2.12. The van der Waals surface area contributed by atoms with E-state index in [-0.39, 0.29) is 17.7 Å². The lowest BCUT2D eigenvalue weighted by Crippen LogP contribution is -2.18. The third kappa shape index (κ3) is 3.11. The van der Waals surface area contributed by atoms with E-state index < -0.39 is 23.6 Å². The highest BCUT2D eigenvalue weighted by Gasteiger charge is 2.32. The molecular weight excluding hydrogens is 253 g/mol. The number of rotatable bonds is 3. The first kappa shape index (κ1) is 13.8. The summed E-state index contributed by atoms with van der Waals surface area (Å²) >= 11 is 0. The third-order valence-corrected chi connectivity index (χ3v) is 2.01. The molecule has 0 fully saturated rings. The summed E-state index contributed by atoms with van der Waals surface area (Å²) < 4.78 is 39.6. The summed E-state index contributed by atoms with van der Waals surface area (Å²) in [5.41, 5.74) is 4.47. The molecule has 0 radical (unpaired) electrons. The number of carboxylic acid groups (broad SMARTS) is 1. The molecule has 1 aromatic carbocycles. The maximum Gasteiger partial charge on any atom is 0.573 e. The molecule has 96 valence electrons. The van der Waals surface area contributed by atoms with Gasteiger partial charge in [0.1, 0.15) is 5.75 Å². The molecule has 0 amide bonds. The first-order valence-corrected chi connectivity index (χ1v) is 4.54. The van der Waals surface area contributed by atoms with Crippen LogP contribution in [0.3, 0.4) is 0 Å². The van der Waals surface area contributed by atoms with Gasteiger partial charge in [-0.15, -0.1) is 13.2 Å². The topological polar surface area (TPSA) is 96.3 Å². The fraction of sp³-hybridized carbons (Fsp3) is 0.200. The Hall–Kier alpha value is -2.27. The van der Waals surface area contributed by atoms with Gasteiger partial charge in [0.25, 0.3) is 0 Å². The van der Waals surface area contributed by atoms with Crippen LogP contribution in [0.25, 0.3) is 0 Å². The maximum absolute atomic E-state index is 12.0. The van der Waals surface area contributed by atoms with E-state index in [4.69, 9.17) is 16.1 Å². The van der Waals surface area contributed by atoms with E-state index in [1.54, 1.807) is 6.07 Å². The van der Waals surface area contributed by atoms with E-state index in [2.05, 4.69) is 4.74 Å². The summed E-state index contributed by atoms with van der Waals surface area (Å²) in [6.07, 6.45) is -4.97. The zero-order valence-electron chi connectivity index (χ0n) is 8.78. The SMILES string of the molecule is N#Cc1cc(OC(F)(F)F)cc(C(=O)O)c1CN. The fourth-order valence-corrected chi connectivity index (χ4v) is 1.35. The number of aromatic carboxylic acids is 1. The van der Waals surface area contributed by atoms with Crippen molar-refractivity contribution in [1.82, 2.24) is 0 Å². The van der Waals surface area contributed by atoms with E-state index in [1.165, 1.54) is 0 Å². The van der Waals surface area contributed by atoms with Crippen LogP contribution in [0.15, 0.2) is 12.1 Å². The first-order chi connectivity index (χ1) is 8.28. The molecule has 0 atom stereocenters. The Kier molecular flexibility index (Phi) is 3.78. The zero-order chi connectivity index (χ0) is 13.9. The number of hydrogen-bond donors (Lipinski definition) is 2. The Labute approximate surface area is 99.2 Å². The number of hydrogen-bond acceptors (Lipinski definition) is 4. The number of ether oxygens (including phenoxy) is 1. The lowest BCUT2D eigenvalue weighted by atomic mass is 10.0. The normalized spacial score (nSPS) is 10.8. The minimum Gasteiger partial charge on any atom is -0.478 e. The van der Waals surface area contributed by atoms with Crippen molar-refractivity contribution >= 4 is 5.97 Å². The van der Waals surface area contributed by atoms with E-state index in [1.807, 2.05) is 0 Å². The van der Waals surface area contributed by atoms with Crippen molar-refractivity contribution < 1.29 is 27.8 Å². The van der Waals surface area contributed by atoms with Crippen molar-refractivity contribution in [2.75, 3.05) is 0 Å². The van der Waals surface area contributed by atoms with E-state index in [0.717, 1.165) is 6.07 Å². The molecule has 0 aliphatic heterocycles. The zero-order valence-corrected chi connectivity index (χ0v) is 8.78. The van der Waals surface area contributed by atoms with Gasteiger partial charge in [-0.1, -0.05) is 0 Å². The maximum atomic E-state index is 12.0. The van der Waals surface area contributed by atoms with Crippen LogP contribution in [0.1, 0.15) is 21.5 Å². The van der Waals surface area contributed by atoms with Gasteiger partial charge in [0.15, 0.2) is 0 Å². The summed E-state index contributed by atoms with van der Waals surface area (Å²) in [6, 6.07) is 3.05. The number of nitrogens with zero attached hydrogens (tertiary/aromatic N) is 1. The van der Waals surface area contributed by atoms with Gasteiger partial charge >= 0.3 is 12.3 Å². The molecular formula is C10H7F3N2O3. The number of carbonyl (C=O) groups is 1. The predicted octanol–water partition coefficient (Wildman–Crippen LogP) is 1.61. The molecule has 1 rings (SSSR count). The molecule has 0 aliphatic rings. The summed E-state index contributed by atoms with van der Waals surface area (Å²) in [5, 5.41) is 17.6. The molecule has 0 aromatic heterocycles. The van der Waals surface area contributed by atoms with Crippen molar-refractivity contribution in [2.24, 2.45) is 5.73 Å². The van der Waals surface area contributed by atoms with Crippen molar-refractivity contribution in [1.29, 1.82) is 5.26 Å². The van der Waals surface area contributed by atoms with Crippen LogP contribution in [0.2, 0.25) is 0 Å². The van der Waals surface area contributed by atoms with Crippen molar-refractivity contribution in [2.45, 2.75) is 12.9 Å². The van der Waals surface area contributed by atoms with Crippen LogP contribution in [0.4, 0.5) is 13.2 Å². The highest BCUT2D eigenvalue weighted by atomic mass is 19.4. The Bertz CT molecular complexity index is 520. The second-order valence-corrected chi connectivity index (χ2v) is 3.17. The lowest BCUT2D eigenvalue weighted by molar-refractivity contribution is -0.274. The third-order valence-electron chi connectivity index (χ3n) is 2.01. The van der Waals surface area contributed by atoms with Gasteiger partial charge in [0, 0.05) is 6.54 Å². The first-order valence-electron chi connectivity index (χ1n) is 4.54. The van der Waals surface area contributed by atoms with Crippen LogP contribution in [0.5, 0.6) is 5.75 Å². The standard InChI is InChI=1S/C10H7F3N2O3/c11-10(12,13)18-6-1-5(3-14)8(4-15)7(2-6)9(16)17/h1-2H,4,15H2,(H,16,17). The number of nitrogens with two attached hydrogens (primary N) is 1. The monoisotopic (exact) mass is 260 g/mol. The average molecular weight is 260 g/mol. The molecule has 8 heteroatoms. The van der Waals surface area contributed by atoms with Gasteiger partial charge in [-0.05, 0) is 17.7 Å². The van der Waals surface area contributed by atoms with E-state index in [0.29, 0.717) is 6.07 Å². The molecule has 18 heavy (non-hydrogen) atoms. The van der Waals surface area contributed by atoms with Crippen LogP contribution < -0.4 is 10.5 Å². The second-order valence-electron chi connectivity index (χ2n) is 3.17. The smallest absolute Gasteiger partial charge is 0.478 e. The number of carboxylic acids is 1. The van der Waals surface area contributed by atoms with Gasteiger partial charge in [0.2, 0.25) is 0 Å². The molecule has 3 N–H and O–H groups in total. The number of halogens is 3. The Morgan fingerprint density at radius 2 is 2.11 bits per heavy atom. The molecule has 1 aromatic rings. The van der Waals surface area contributed by atoms with Crippen molar-refractivity contribution in [3.63, 3.8) is 0 Å². The van der Waals surface area contributed by atoms with Crippen molar-refractivity contribution in [3.8, 4) is 11.8 Å². The highest BCUT2D eigenvalue weighted by Crippen LogP contribution is 2.27. The van der Waals surface area contributed by atoms with Crippen molar-refractivity contribution in [3.05, 3.63) is 28.8 Å². The molecule has 5 nitrogen and oxygen atoms in total. The summed E-state index contributed by atoms with van der Waals surface area (Å²) in [4.78, 5) is 10.9. The largest absolute Gasteiger partial charge is 0.573 e. The Balaban J connectivity index is 3.38. The summed E-state index contributed by atoms with van der Waals surface area (Å²) in [7, 11) is 0. The molecule has 0 saturated carbocycles. The molecule has 0 bridgehead atoms. The molecule has 0 spiro atoms. The van der Waals surface area contributed by atoms with Gasteiger partial charge in [-0.25, -0.2) is 4.79 Å². The fourth-order valence-electron chi connectivity index (χ4n) is 1.35. The summed E-state index contributed by atoms with van der Waals surface area (Å²) in [6.45, 7) is -0.281. The molecule has 0 saturated heterocycles. The number of nitriles is 1.